The smallest absolute Gasteiger partial charge is 0.0603 e. The second kappa shape index (κ2) is 4.40. The molecule has 3 heterocycles. The predicted molar refractivity (Wildman–Crippen MR) is 61.9 cm³/mol. The third-order valence-corrected chi connectivity index (χ3v) is 3.80. The lowest BCUT2D eigenvalue weighted by molar-refractivity contribution is 0.0534. The van der Waals surface area contributed by atoms with Crippen LogP contribution >= 0.6 is 0 Å². The highest BCUT2D eigenvalue weighted by Crippen LogP contribution is 2.27. The number of nitrogens with one attached hydrogen (secondary N) is 1. The van der Waals surface area contributed by atoms with Gasteiger partial charge in [-0.25, -0.2) is 0 Å². The van der Waals surface area contributed by atoms with Crippen molar-refractivity contribution in [3.05, 3.63) is 0 Å². The minimum Gasteiger partial charge on any atom is -0.390 e. The summed E-state index contributed by atoms with van der Waals surface area (Å²) in [7, 11) is 0. The first kappa shape index (κ1) is 11.4. The number of piperidine rings is 3. The molecule has 3 rings (SSSR count). The number of fused-ring (bicyclic) bond motifs is 3. The minimum absolute atomic E-state index is 0.527. The first-order chi connectivity index (χ1) is 7.04. The van der Waals surface area contributed by atoms with Crippen LogP contribution in [-0.2, 0) is 0 Å². The molecule has 0 aromatic carbocycles. The molecular formula is C12H24N2O. The lowest BCUT2D eigenvalue weighted by Gasteiger charge is -2.45. The van der Waals surface area contributed by atoms with Gasteiger partial charge in [0.1, 0.15) is 0 Å². The Morgan fingerprint density at radius 3 is 2.47 bits per heavy atom. The number of rotatable bonds is 4. The highest BCUT2D eigenvalue weighted by Gasteiger charge is 2.33. The summed E-state index contributed by atoms with van der Waals surface area (Å²) in [6.07, 6.45) is 3.57. The molecular weight excluding hydrogens is 188 g/mol. The summed E-state index contributed by atoms with van der Waals surface area (Å²) in [6, 6.07) is 0.676. The summed E-state index contributed by atoms with van der Waals surface area (Å²) >= 11 is 0. The van der Waals surface area contributed by atoms with Crippen molar-refractivity contribution in [3.63, 3.8) is 0 Å². The predicted octanol–water partition coefficient (Wildman–Crippen LogP) is 0.831. The van der Waals surface area contributed by atoms with Gasteiger partial charge < -0.3 is 15.3 Å². The standard InChI is InChI=1S/C12H24N2O/c1-12(2,15)5-6-13-11-9-14-7-3-10(11)4-8-14/h10-11,13,15H,3-9H2,1-2H3. The Morgan fingerprint density at radius 1 is 1.33 bits per heavy atom. The molecule has 3 fully saturated rings. The van der Waals surface area contributed by atoms with Crippen LogP contribution in [0.25, 0.3) is 0 Å². The van der Waals surface area contributed by atoms with Crippen LogP contribution in [0.4, 0.5) is 0 Å². The van der Waals surface area contributed by atoms with E-state index in [0.29, 0.717) is 6.04 Å². The molecule has 2 N–H and O–H groups in total. The van der Waals surface area contributed by atoms with Crippen LogP contribution in [-0.4, -0.2) is 47.8 Å². The first-order valence-electron chi connectivity index (χ1n) is 6.23. The molecule has 0 saturated carbocycles. The maximum atomic E-state index is 9.63. The van der Waals surface area contributed by atoms with E-state index in [2.05, 4.69) is 10.2 Å². The second-order valence-electron chi connectivity index (χ2n) is 5.76. The Bertz CT molecular complexity index is 204. The minimum atomic E-state index is -0.527. The van der Waals surface area contributed by atoms with Gasteiger partial charge in [0.15, 0.2) is 0 Å². The molecule has 0 radical (unpaired) electrons. The molecule has 1 atom stereocenters. The highest BCUT2D eigenvalue weighted by molar-refractivity contribution is 4.91. The Morgan fingerprint density at radius 2 is 2.00 bits per heavy atom. The largest absolute Gasteiger partial charge is 0.390 e. The van der Waals surface area contributed by atoms with Gasteiger partial charge in [-0.3, -0.25) is 0 Å². The third kappa shape index (κ3) is 3.16. The molecule has 1 unspecified atom stereocenters. The van der Waals surface area contributed by atoms with Crippen LogP contribution in [0.2, 0.25) is 0 Å². The monoisotopic (exact) mass is 212 g/mol. The summed E-state index contributed by atoms with van der Waals surface area (Å²) in [5, 5.41) is 13.2. The molecule has 3 aliphatic heterocycles. The molecule has 15 heavy (non-hydrogen) atoms. The molecule has 0 aliphatic carbocycles. The molecule has 88 valence electrons. The summed E-state index contributed by atoms with van der Waals surface area (Å²) in [5.74, 6) is 0.886. The lowest BCUT2D eigenvalue weighted by atomic mass is 9.84. The Hall–Kier alpha value is -0.120. The fraction of sp³-hybridized carbons (Fsp3) is 1.00. The van der Waals surface area contributed by atoms with Gasteiger partial charge in [-0.05, 0) is 58.7 Å². The summed E-state index contributed by atoms with van der Waals surface area (Å²) < 4.78 is 0. The number of aliphatic hydroxyl groups is 1. The molecule has 3 aliphatic rings. The van der Waals surface area contributed by atoms with Crippen molar-refractivity contribution >= 4 is 0 Å². The molecule has 3 saturated heterocycles. The fourth-order valence-electron chi connectivity index (χ4n) is 2.76. The maximum absolute atomic E-state index is 9.63. The van der Waals surface area contributed by atoms with E-state index in [0.717, 1.165) is 18.9 Å². The number of hydrogen-bond donors (Lipinski definition) is 2. The summed E-state index contributed by atoms with van der Waals surface area (Å²) in [6.45, 7) is 8.52. The van der Waals surface area contributed by atoms with Crippen molar-refractivity contribution in [2.24, 2.45) is 5.92 Å². The lowest BCUT2D eigenvalue weighted by Crippen LogP contribution is -2.56. The van der Waals surface area contributed by atoms with Gasteiger partial charge in [0, 0.05) is 12.6 Å². The molecule has 2 bridgehead atoms. The Kier molecular flexibility index (Phi) is 3.33. The number of hydrogen-bond acceptors (Lipinski definition) is 3. The van der Waals surface area contributed by atoms with Crippen molar-refractivity contribution in [3.8, 4) is 0 Å². The molecule has 3 heteroatoms. The van der Waals surface area contributed by atoms with Crippen molar-refractivity contribution in [1.29, 1.82) is 0 Å². The van der Waals surface area contributed by atoms with Crippen molar-refractivity contribution in [2.75, 3.05) is 26.2 Å². The molecule has 3 nitrogen and oxygen atoms in total. The van der Waals surface area contributed by atoms with Gasteiger partial charge in [0.2, 0.25) is 0 Å². The van der Waals surface area contributed by atoms with Crippen LogP contribution in [0.15, 0.2) is 0 Å². The van der Waals surface area contributed by atoms with E-state index in [1.807, 2.05) is 13.8 Å². The van der Waals surface area contributed by atoms with E-state index in [9.17, 15) is 5.11 Å². The van der Waals surface area contributed by atoms with Crippen LogP contribution in [0, 0.1) is 5.92 Å². The van der Waals surface area contributed by atoms with E-state index >= 15 is 0 Å². The van der Waals surface area contributed by atoms with E-state index in [-0.39, 0.29) is 0 Å². The Balaban J connectivity index is 1.71. The van der Waals surface area contributed by atoms with Crippen molar-refractivity contribution < 1.29 is 5.11 Å². The normalized spacial score (nSPS) is 35.8. The zero-order valence-corrected chi connectivity index (χ0v) is 10.00. The van der Waals surface area contributed by atoms with Gasteiger partial charge in [0.25, 0.3) is 0 Å². The van der Waals surface area contributed by atoms with Gasteiger partial charge in [-0.15, -0.1) is 0 Å². The van der Waals surface area contributed by atoms with Crippen molar-refractivity contribution in [1.82, 2.24) is 10.2 Å². The van der Waals surface area contributed by atoms with Crippen molar-refractivity contribution in [2.45, 2.75) is 44.8 Å². The van der Waals surface area contributed by atoms with E-state index in [1.165, 1.54) is 32.5 Å². The quantitative estimate of drug-likeness (QED) is 0.724. The van der Waals surface area contributed by atoms with Crippen LogP contribution in [0.1, 0.15) is 33.1 Å². The third-order valence-electron chi connectivity index (χ3n) is 3.80. The van der Waals surface area contributed by atoms with E-state index in [4.69, 9.17) is 0 Å². The van der Waals surface area contributed by atoms with Crippen LogP contribution in [0.3, 0.4) is 0 Å². The zero-order chi connectivity index (χ0) is 10.9. The first-order valence-corrected chi connectivity index (χ1v) is 6.23. The van der Waals surface area contributed by atoms with Gasteiger partial charge in [0.05, 0.1) is 5.60 Å². The molecule has 0 amide bonds. The SMILES string of the molecule is CC(C)(O)CCNC1CN2CCC1CC2. The Labute approximate surface area is 92.8 Å². The topological polar surface area (TPSA) is 35.5 Å². The number of nitrogens with zero attached hydrogens (tertiary/aromatic N) is 1. The summed E-state index contributed by atoms with van der Waals surface area (Å²) in [5.41, 5.74) is -0.527. The van der Waals surface area contributed by atoms with E-state index in [1.54, 1.807) is 0 Å². The second-order valence-corrected chi connectivity index (χ2v) is 5.76. The van der Waals surface area contributed by atoms with Crippen LogP contribution in [0.5, 0.6) is 0 Å². The molecule has 0 aromatic heterocycles. The molecule has 0 spiro atoms. The van der Waals surface area contributed by atoms with E-state index < -0.39 is 5.60 Å². The fourth-order valence-corrected chi connectivity index (χ4v) is 2.76. The van der Waals surface area contributed by atoms with Gasteiger partial charge in [-0.2, -0.15) is 0 Å². The zero-order valence-electron chi connectivity index (χ0n) is 10.00. The molecule has 0 aromatic rings. The average molecular weight is 212 g/mol. The van der Waals surface area contributed by atoms with Gasteiger partial charge >= 0.3 is 0 Å². The maximum Gasteiger partial charge on any atom is 0.0603 e. The highest BCUT2D eigenvalue weighted by atomic mass is 16.3. The van der Waals surface area contributed by atoms with Crippen LogP contribution < -0.4 is 5.32 Å². The van der Waals surface area contributed by atoms with Gasteiger partial charge in [-0.1, -0.05) is 0 Å². The summed E-state index contributed by atoms with van der Waals surface area (Å²) in [4.78, 5) is 2.56. The average Bonchev–Trinajstić information content (AvgIpc) is 2.17.